The highest BCUT2D eigenvalue weighted by Gasteiger charge is 2.21. The van der Waals surface area contributed by atoms with Gasteiger partial charge in [0.2, 0.25) is 0 Å². The van der Waals surface area contributed by atoms with Gasteiger partial charge in [-0.05, 0) is 42.8 Å². The Bertz CT molecular complexity index is 876. The zero-order valence-electron chi connectivity index (χ0n) is 14.4. The first-order valence-corrected chi connectivity index (χ1v) is 9.62. The number of hydrogen-bond donors (Lipinski definition) is 0. The van der Waals surface area contributed by atoms with Gasteiger partial charge in [0.15, 0.2) is 0 Å². The Labute approximate surface area is 155 Å². The van der Waals surface area contributed by atoms with E-state index in [2.05, 4.69) is 11.0 Å². The number of fused-ring (bicyclic) bond motifs is 1. The molecule has 0 saturated carbocycles. The van der Waals surface area contributed by atoms with Crippen molar-refractivity contribution in [2.24, 2.45) is 0 Å². The SMILES string of the molecule is O=C(c1ccc(F)cc1)N1CCCN(Cc2nc3ccccc3s2)CC1. The Hall–Kier alpha value is -2.31. The third-order valence-electron chi connectivity index (χ3n) is 4.66. The lowest BCUT2D eigenvalue weighted by Crippen LogP contribution is -2.35. The Morgan fingerprint density at radius 2 is 1.85 bits per heavy atom. The predicted octanol–water partition coefficient (Wildman–Crippen LogP) is 3.78. The highest BCUT2D eigenvalue weighted by molar-refractivity contribution is 7.18. The van der Waals surface area contributed by atoms with Gasteiger partial charge in [0.05, 0.1) is 16.8 Å². The van der Waals surface area contributed by atoms with E-state index in [4.69, 9.17) is 4.98 Å². The Kier molecular flexibility index (Phi) is 4.95. The lowest BCUT2D eigenvalue weighted by molar-refractivity contribution is 0.0761. The van der Waals surface area contributed by atoms with E-state index in [0.29, 0.717) is 12.1 Å². The van der Waals surface area contributed by atoms with Crippen LogP contribution in [0.2, 0.25) is 0 Å². The van der Waals surface area contributed by atoms with Gasteiger partial charge in [0.25, 0.3) is 5.91 Å². The molecule has 4 rings (SSSR count). The average Bonchev–Trinajstić information content (AvgIpc) is 2.92. The fraction of sp³-hybridized carbons (Fsp3) is 0.300. The van der Waals surface area contributed by atoms with Crippen molar-refractivity contribution in [1.29, 1.82) is 0 Å². The van der Waals surface area contributed by atoms with Crippen LogP contribution in [0.25, 0.3) is 10.2 Å². The number of amides is 1. The maximum Gasteiger partial charge on any atom is 0.253 e. The van der Waals surface area contributed by atoms with Gasteiger partial charge >= 0.3 is 0 Å². The number of hydrogen-bond acceptors (Lipinski definition) is 4. The summed E-state index contributed by atoms with van der Waals surface area (Å²) in [4.78, 5) is 21.6. The fourth-order valence-electron chi connectivity index (χ4n) is 3.29. The Morgan fingerprint density at radius 3 is 2.65 bits per heavy atom. The molecule has 0 unspecified atom stereocenters. The number of aromatic nitrogens is 1. The molecule has 6 heteroatoms. The molecule has 0 atom stereocenters. The van der Waals surface area contributed by atoms with E-state index < -0.39 is 0 Å². The van der Waals surface area contributed by atoms with Crippen LogP contribution in [0.1, 0.15) is 21.8 Å². The molecule has 1 saturated heterocycles. The molecule has 1 aliphatic rings. The van der Waals surface area contributed by atoms with Crippen molar-refractivity contribution in [3.05, 3.63) is 64.9 Å². The predicted molar refractivity (Wildman–Crippen MR) is 102 cm³/mol. The van der Waals surface area contributed by atoms with Gasteiger partial charge in [0, 0.05) is 31.7 Å². The van der Waals surface area contributed by atoms with Gasteiger partial charge in [-0.3, -0.25) is 9.69 Å². The van der Waals surface area contributed by atoms with Crippen molar-refractivity contribution in [3.8, 4) is 0 Å². The minimum atomic E-state index is -0.320. The smallest absolute Gasteiger partial charge is 0.253 e. The van der Waals surface area contributed by atoms with Crippen LogP contribution in [0, 0.1) is 5.82 Å². The summed E-state index contributed by atoms with van der Waals surface area (Å²) in [5, 5.41) is 1.12. The van der Waals surface area contributed by atoms with E-state index in [-0.39, 0.29) is 11.7 Å². The maximum atomic E-state index is 13.1. The molecular formula is C20H20FN3OS. The highest BCUT2D eigenvalue weighted by Crippen LogP contribution is 2.23. The minimum absolute atomic E-state index is 0.0214. The lowest BCUT2D eigenvalue weighted by atomic mass is 10.2. The molecule has 0 aliphatic carbocycles. The first-order valence-electron chi connectivity index (χ1n) is 8.81. The molecule has 0 radical (unpaired) electrons. The summed E-state index contributed by atoms with van der Waals surface area (Å²) in [6.07, 6.45) is 0.928. The summed E-state index contributed by atoms with van der Waals surface area (Å²) in [5.74, 6) is -0.341. The molecule has 0 bridgehead atoms. The van der Waals surface area contributed by atoms with Crippen molar-refractivity contribution in [2.75, 3.05) is 26.2 Å². The summed E-state index contributed by atoms with van der Waals surface area (Å²) in [5.41, 5.74) is 1.60. The van der Waals surface area contributed by atoms with Crippen LogP contribution in [0.15, 0.2) is 48.5 Å². The lowest BCUT2D eigenvalue weighted by Gasteiger charge is -2.21. The first kappa shape index (κ1) is 17.1. The van der Waals surface area contributed by atoms with E-state index in [1.807, 2.05) is 23.1 Å². The van der Waals surface area contributed by atoms with Crippen LogP contribution in [0.3, 0.4) is 0 Å². The Balaban J connectivity index is 1.39. The third kappa shape index (κ3) is 3.76. The van der Waals surface area contributed by atoms with Gasteiger partial charge in [0.1, 0.15) is 10.8 Å². The molecule has 2 heterocycles. The molecule has 1 amide bonds. The molecule has 134 valence electrons. The quantitative estimate of drug-likeness (QED) is 0.705. The molecule has 1 aromatic heterocycles. The van der Waals surface area contributed by atoms with E-state index in [9.17, 15) is 9.18 Å². The van der Waals surface area contributed by atoms with Gasteiger partial charge < -0.3 is 4.90 Å². The van der Waals surface area contributed by atoms with E-state index in [1.54, 1.807) is 23.5 Å². The minimum Gasteiger partial charge on any atom is -0.337 e. The second-order valence-electron chi connectivity index (χ2n) is 6.50. The van der Waals surface area contributed by atoms with Crippen molar-refractivity contribution >= 4 is 27.5 Å². The van der Waals surface area contributed by atoms with Crippen molar-refractivity contribution in [2.45, 2.75) is 13.0 Å². The number of thiazole rings is 1. The summed E-state index contributed by atoms with van der Waals surface area (Å²) in [6, 6.07) is 14.0. The van der Waals surface area contributed by atoms with Crippen LogP contribution in [0.4, 0.5) is 4.39 Å². The number of carbonyl (C=O) groups is 1. The van der Waals surface area contributed by atoms with Crippen LogP contribution < -0.4 is 0 Å². The highest BCUT2D eigenvalue weighted by atomic mass is 32.1. The standard InChI is InChI=1S/C20H20FN3OS/c21-16-8-6-15(7-9-16)20(25)24-11-3-10-23(12-13-24)14-19-22-17-4-1-2-5-18(17)26-19/h1-2,4-9H,3,10-14H2. The summed E-state index contributed by atoms with van der Waals surface area (Å²) in [6.45, 7) is 4.00. The summed E-state index contributed by atoms with van der Waals surface area (Å²) < 4.78 is 14.3. The molecule has 26 heavy (non-hydrogen) atoms. The van der Waals surface area contributed by atoms with Crippen molar-refractivity contribution in [1.82, 2.24) is 14.8 Å². The third-order valence-corrected chi connectivity index (χ3v) is 5.69. The Morgan fingerprint density at radius 1 is 1.04 bits per heavy atom. The zero-order valence-corrected chi connectivity index (χ0v) is 15.2. The average molecular weight is 369 g/mol. The molecule has 4 nitrogen and oxygen atoms in total. The summed E-state index contributed by atoms with van der Waals surface area (Å²) >= 11 is 1.73. The van der Waals surface area contributed by atoms with Gasteiger partial charge in [-0.15, -0.1) is 11.3 Å². The number of nitrogens with zero attached hydrogens (tertiary/aromatic N) is 3. The van der Waals surface area contributed by atoms with Crippen LogP contribution in [-0.2, 0) is 6.54 Å². The molecule has 3 aromatic rings. The molecule has 1 fully saturated rings. The van der Waals surface area contributed by atoms with Gasteiger partial charge in [-0.25, -0.2) is 9.37 Å². The number of halogens is 1. The molecule has 2 aromatic carbocycles. The topological polar surface area (TPSA) is 36.4 Å². The van der Waals surface area contributed by atoms with E-state index in [0.717, 1.165) is 43.1 Å². The van der Waals surface area contributed by atoms with Crippen LogP contribution in [0.5, 0.6) is 0 Å². The molecule has 0 N–H and O–H groups in total. The molecular weight excluding hydrogens is 349 g/mol. The number of para-hydroxylation sites is 1. The van der Waals surface area contributed by atoms with Gasteiger partial charge in [-0.1, -0.05) is 12.1 Å². The molecule has 0 spiro atoms. The van der Waals surface area contributed by atoms with Crippen molar-refractivity contribution < 1.29 is 9.18 Å². The number of rotatable bonds is 3. The zero-order chi connectivity index (χ0) is 17.9. The maximum absolute atomic E-state index is 13.1. The summed E-state index contributed by atoms with van der Waals surface area (Å²) in [7, 11) is 0. The fourth-order valence-corrected chi connectivity index (χ4v) is 4.30. The largest absolute Gasteiger partial charge is 0.337 e. The van der Waals surface area contributed by atoms with Crippen LogP contribution in [-0.4, -0.2) is 46.9 Å². The van der Waals surface area contributed by atoms with Crippen LogP contribution >= 0.6 is 11.3 Å². The second kappa shape index (κ2) is 7.51. The number of carbonyl (C=O) groups excluding carboxylic acids is 1. The van der Waals surface area contributed by atoms with Crippen molar-refractivity contribution in [3.63, 3.8) is 0 Å². The first-order chi connectivity index (χ1) is 12.7. The van der Waals surface area contributed by atoms with E-state index in [1.165, 1.54) is 16.8 Å². The monoisotopic (exact) mass is 369 g/mol. The van der Waals surface area contributed by atoms with Gasteiger partial charge in [-0.2, -0.15) is 0 Å². The second-order valence-corrected chi connectivity index (χ2v) is 7.62. The van der Waals surface area contributed by atoms with E-state index >= 15 is 0 Å². The molecule has 1 aliphatic heterocycles. The number of benzene rings is 2. The normalized spacial score (nSPS) is 16.0.